The summed E-state index contributed by atoms with van der Waals surface area (Å²) < 4.78 is 5.76. The molecule has 1 spiro atoms. The van der Waals surface area contributed by atoms with Gasteiger partial charge in [-0.2, -0.15) is 0 Å². The SMILES string of the molecule is CN(C(=O)c1ccc(Cl)c(Cl)c1)[C@H]1CC[C@]2(CCOC2)C[C@@H]1N1CCCC1. The standard InChI is InChI=1S/C21H28Cl2N2O2/c1-24(20(26)15-4-5-16(22)17(23)12-15)18-6-7-21(8-11-27-14-21)13-19(18)25-9-2-3-10-25/h4-5,12,18-19H,2-3,6-11,13-14H2,1H3/t18-,19-,21-/m0/s1. The van der Waals surface area contributed by atoms with Crippen molar-refractivity contribution in [3.8, 4) is 0 Å². The molecule has 0 N–H and O–H groups in total. The first kappa shape index (κ1) is 19.5. The number of amides is 1. The third-order valence-corrected chi connectivity index (χ3v) is 7.57. The van der Waals surface area contributed by atoms with Crippen molar-refractivity contribution in [1.29, 1.82) is 0 Å². The summed E-state index contributed by atoms with van der Waals surface area (Å²) in [6.07, 6.45) is 6.99. The van der Waals surface area contributed by atoms with E-state index in [1.54, 1.807) is 18.2 Å². The van der Waals surface area contributed by atoms with Crippen molar-refractivity contribution in [1.82, 2.24) is 9.80 Å². The molecule has 0 radical (unpaired) electrons. The molecule has 3 aliphatic rings. The van der Waals surface area contributed by atoms with Gasteiger partial charge in [-0.3, -0.25) is 9.69 Å². The second-order valence-corrected chi connectivity index (χ2v) is 9.28. The Morgan fingerprint density at radius 2 is 2.00 bits per heavy atom. The van der Waals surface area contributed by atoms with Crippen molar-refractivity contribution in [2.24, 2.45) is 5.41 Å². The maximum absolute atomic E-state index is 13.2. The number of halogens is 2. The largest absolute Gasteiger partial charge is 0.381 e. The van der Waals surface area contributed by atoms with E-state index >= 15 is 0 Å². The van der Waals surface area contributed by atoms with E-state index in [0.717, 1.165) is 52.0 Å². The molecule has 148 valence electrons. The Hall–Kier alpha value is -0.810. The number of likely N-dealkylation sites (N-methyl/N-ethyl adjacent to an activating group) is 1. The van der Waals surface area contributed by atoms with E-state index < -0.39 is 0 Å². The van der Waals surface area contributed by atoms with Gasteiger partial charge in [0.05, 0.1) is 16.7 Å². The van der Waals surface area contributed by atoms with Crippen LogP contribution in [0.1, 0.15) is 48.9 Å². The van der Waals surface area contributed by atoms with Gasteiger partial charge in [-0.15, -0.1) is 0 Å². The lowest BCUT2D eigenvalue weighted by molar-refractivity contribution is 0.0105. The summed E-state index contributed by atoms with van der Waals surface area (Å²) in [5.41, 5.74) is 0.925. The zero-order valence-corrected chi connectivity index (χ0v) is 17.4. The highest BCUT2D eigenvalue weighted by Crippen LogP contribution is 2.46. The molecule has 3 fully saturated rings. The minimum atomic E-state index is 0.0291. The van der Waals surface area contributed by atoms with Gasteiger partial charge < -0.3 is 9.64 Å². The van der Waals surface area contributed by atoms with Crippen LogP contribution in [0.3, 0.4) is 0 Å². The fourth-order valence-electron chi connectivity index (χ4n) is 5.22. The Morgan fingerprint density at radius 1 is 1.22 bits per heavy atom. The molecule has 27 heavy (non-hydrogen) atoms. The number of nitrogens with zero attached hydrogens (tertiary/aromatic N) is 2. The quantitative estimate of drug-likeness (QED) is 0.735. The van der Waals surface area contributed by atoms with Gasteiger partial charge in [-0.1, -0.05) is 23.2 Å². The molecular formula is C21H28Cl2N2O2. The molecule has 1 aromatic carbocycles. The van der Waals surface area contributed by atoms with Crippen LogP contribution in [0.2, 0.25) is 10.0 Å². The lowest BCUT2D eigenvalue weighted by atomic mass is 9.69. The van der Waals surface area contributed by atoms with Gasteiger partial charge in [0.1, 0.15) is 0 Å². The maximum atomic E-state index is 13.2. The van der Waals surface area contributed by atoms with Crippen LogP contribution in [0.4, 0.5) is 0 Å². The summed E-state index contributed by atoms with van der Waals surface area (Å²) in [5, 5.41) is 0.907. The lowest BCUT2D eigenvalue weighted by Crippen LogP contribution is -2.56. The summed E-state index contributed by atoms with van der Waals surface area (Å²) in [7, 11) is 1.95. The first-order chi connectivity index (χ1) is 13.0. The summed E-state index contributed by atoms with van der Waals surface area (Å²) in [4.78, 5) is 17.7. The number of carbonyl (C=O) groups excluding carboxylic acids is 1. The van der Waals surface area contributed by atoms with Crippen LogP contribution in [0, 0.1) is 5.41 Å². The van der Waals surface area contributed by atoms with E-state index in [1.807, 2.05) is 11.9 Å². The van der Waals surface area contributed by atoms with Crippen LogP contribution in [0.5, 0.6) is 0 Å². The number of rotatable bonds is 3. The maximum Gasteiger partial charge on any atom is 0.253 e. The highest BCUT2D eigenvalue weighted by Gasteiger charge is 2.47. The number of likely N-dealkylation sites (tertiary alicyclic amines) is 1. The smallest absolute Gasteiger partial charge is 0.253 e. The van der Waals surface area contributed by atoms with Crippen LogP contribution >= 0.6 is 23.2 Å². The van der Waals surface area contributed by atoms with Gasteiger partial charge in [0.15, 0.2) is 0 Å². The third-order valence-electron chi connectivity index (χ3n) is 6.84. The molecule has 1 saturated carbocycles. The van der Waals surface area contributed by atoms with E-state index in [9.17, 15) is 4.79 Å². The number of hydrogen-bond donors (Lipinski definition) is 0. The second-order valence-electron chi connectivity index (χ2n) is 8.47. The second kappa shape index (κ2) is 7.90. The lowest BCUT2D eigenvalue weighted by Gasteiger charge is -2.48. The topological polar surface area (TPSA) is 32.8 Å². The molecule has 2 aliphatic heterocycles. The van der Waals surface area contributed by atoms with E-state index in [-0.39, 0.29) is 11.9 Å². The summed E-state index contributed by atoms with van der Waals surface area (Å²) >= 11 is 12.2. The summed E-state index contributed by atoms with van der Waals surface area (Å²) in [6, 6.07) is 5.81. The van der Waals surface area contributed by atoms with Crippen molar-refractivity contribution >= 4 is 29.1 Å². The molecule has 0 unspecified atom stereocenters. The molecule has 4 rings (SSSR count). The number of carbonyl (C=O) groups is 1. The Kier molecular flexibility index (Phi) is 5.71. The van der Waals surface area contributed by atoms with E-state index in [2.05, 4.69) is 4.90 Å². The Balaban J connectivity index is 1.55. The molecule has 6 heteroatoms. The Labute approximate surface area is 171 Å². The van der Waals surface area contributed by atoms with E-state index in [4.69, 9.17) is 27.9 Å². The highest BCUT2D eigenvalue weighted by molar-refractivity contribution is 6.42. The van der Waals surface area contributed by atoms with Gasteiger partial charge in [0, 0.05) is 31.3 Å². The molecule has 2 heterocycles. The first-order valence-electron chi connectivity index (χ1n) is 10.0. The first-order valence-corrected chi connectivity index (χ1v) is 10.8. The average Bonchev–Trinajstić information content (AvgIpc) is 3.35. The van der Waals surface area contributed by atoms with Gasteiger partial charge in [-0.25, -0.2) is 0 Å². The highest BCUT2D eigenvalue weighted by atomic mass is 35.5. The zero-order valence-electron chi connectivity index (χ0n) is 15.9. The van der Waals surface area contributed by atoms with Crippen LogP contribution in [0.25, 0.3) is 0 Å². The predicted molar refractivity (Wildman–Crippen MR) is 109 cm³/mol. The Bertz CT molecular complexity index is 699. The molecule has 0 aromatic heterocycles. The number of ether oxygens (including phenoxy) is 1. The normalized spacial score (nSPS) is 31.5. The molecule has 4 nitrogen and oxygen atoms in total. The molecule has 0 bridgehead atoms. The van der Waals surface area contributed by atoms with Gasteiger partial charge in [-0.05, 0) is 75.2 Å². The monoisotopic (exact) mass is 410 g/mol. The predicted octanol–water partition coefficient (Wildman–Crippen LogP) is 4.49. The number of hydrogen-bond acceptors (Lipinski definition) is 3. The summed E-state index contributed by atoms with van der Waals surface area (Å²) in [5.74, 6) is 0.0291. The molecule has 1 amide bonds. The van der Waals surface area contributed by atoms with Crippen LogP contribution in [-0.2, 0) is 4.74 Å². The molecule has 1 aromatic rings. The van der Waals surface area contributed by atoms with E-state index in [0.29, 0.717) is 27.1 Å². The molecule has 2 saturated heterocycles. The van der Waals surface area contributed by atoms with Crippen molar-refractivity contribution in [2.75, 3.05) is 33.4 Å². The summed E-state index contributed by atoms with van der Waals surface area (Å²) in [6.45, 7) is 4.06. The van der Waals surface area contributed by atoms with Crippen molar-refractivity contribution < 1.29 is 9.53 Å². The average molecular weight is 411 g/mol. The van der Waals surface area contributed by atoms with Gasteiger partial charge in [0.25, 0.3) is 5.91 Å². The molecule has 3 atom stereocenters. The fraction of sp³-hybridized carbons (Fsp3) is 0.667. The van der Waals surface area contributed by atoms with Crippen molar-refractivity contribution in [3.05, 3.63) is 33.8 Å². The Morgan fingerprint density at radius 3 is 2.67 bits per heavy atom. The van der Waals surface area contributed by atoms with Crippen LogP contribution in [-0.4, -0.2) is 61.1 Å². The minimum absolute atomic E-state index is 0.0291. The molecular weight excluding hydrogens is 383 g/mol. The van der Waals surface area contributed by atoms with Crippen molar-refractivity contribution in [3.63, 3.8) is 0 Å². The minimum Gasteiger partial charge on any atom is -0.381 e. The van der Waals surface area contributed by atoms with Gasteiger partial charge in [0.2, 0.25) is 0 Å². The van der Waals surface area contributed by atoms with E-state index in [1.165, 1.54) is 12.8 Å². The van der Waals surface area contributed by atoms with Crippen LogP contribution in [0.15, 0.2) is 18.2 Å². The van der Waals surface area contributed by atoms with Gasteiger partial charge >= 0.3 is 0 Å². The van der Waals surface area contributed by atoms with Crippen molar-refractivity contribution in [2.45, 2.75) is 50.6 Å². The fourth-order valence-corrected chi connectivity index (χ4v) is 5.51. The zero-order chi connectivity index (χ0) is 19.0. The molecule has 1 aliphatic carbocycles. The third kappa shape index (κ3) is 3.87. The van der Waals surface area contributed by atoms with Crippen LogP contribution < -0.4 is 0 Å². The number of benzene rings is 1.